The Morgan fingerprint density at radius 3 is 2.40 bits per heavy atom. The first-order chi connectivity index (χ1) is 7.07. The number of Topliss-reactive ketones (excluding diaryl/α,β-unsaturated/α-hetero) is 1. The van der Waals surface area contributed by atoms with Crippen molar-refractivity contribution in [1.82, 2.24) is 0 Å². The third-order valence-electron chi connectivity index (χ3n) is 2.39. The molecule has 0 N–H and O–H groups in total. The molecule has 0 bridgehead atoms. The zero-order valence-electron chi connectivity index (χ0n) is 8.99. The van der Waals surface area contributed by atoms with E-state index in [1.54, 1.807) is 0 Å². The first-order valence-corrected chi connectivity index (χ1v) is 4.80. The Bertz CT molecular complexity index is 405. The van der Waals surface area contributed by atoms with Gasteiger partial charge in [0.15, 0.2) is 5.78 Å². The molecule has 0 saturated carbocycles. The van der Waals surface area contributed by atoms with Gasteiger partial charge < -0.3 is 0 Å². The van der Waals surface area contributed by atoms with Crippen molar-refractivity contribution in [1.29, 1.82) is 0 Å². The Balaban J connectivity index is 3.22. The highest BCUT2D eigenvalue weighted by Crippen LogP contribution is 2.21. The van der Waals surface area contributed by atoms with Crippen molar-refractivity contribution in [3.8, 4) is 0 Å². The molecule has 0 aliphatic heterocycles. The van der Waals surface area contributed by atoms with Gasteiger partial charge in [-0.3, -0.25) is 9.59 Å². The number of aryl methyl sites for hydroxylation is 1. The second-order valence-corrected chi connectivity index (χ2v) is 3.51. The summed E-state index contributed by atoms with van der Waals surface area (Å²) in [7, 11) is 0. The summed E-state index contributed by atoms with van der Waals surface area (Å²) in [5.74, 6) is -1.07. The Morgan fingerprint density at radius 1 is 1.33 bits per heavy atom. The summed E-state index contributed by atoms with van der Waals surface area (Å²) in [6.45, 7) is 6.74. The van der Waals surface area contributed by atoms with Crippen molar-refractivity contribution < 1.29 is 9.59 Å². The van der Waals surface area contributed by atoms with E-state index in [9.17, 15) is 9.59 Å². The molecule has 0 fully saturated rings. The quantitative estimate of drug-likeness (QED) is 0.555. The van der Waals surface area contributed by atoms with Crippen molar-refractivity contribution in [3.63, 3.8) is 0 Å². The van der Waals surface area contributed by atoms with Gasteiger partial charge in [0.1, 0.15) is 11.7 Å². The normalized spacial score (nSPS) is 11.9. The predicted octanol–water partition coefficient (Wildman–Crippen LogP) is 2.42. The van der Waals surface area contributed by atoms with Crippen LogP contribution in [-0.2, 0) is 9.59 Å². The second-order valence-electron chi connectivity index (χ2n) is 3.51. The molecule has 1 rings (SSSR count). The number of allylic oxidation sites excluding steroid dienone is 1. The van der Waals surface area contributed by atoms with Gasteiger partial charge in [-0.1, -0.05) is 30.8 Å². The van der Waals surface area contributed by atoms with Gasteiger partial charge in [0.2, 0.25) is 0 Å². The topological polar surface area (TPSA) is 34.1 Å². The average molecular weight is 202 g/mol. The van der Waals surface area contributed by atoms with Crippen molar-refractivity contribution in [2.75, 3.05) is 0 Å². The van der Waals surface area contributed by atoms with Crippen LogP contribution in [0.15, 0.2) is 36.9 Å². The van der Waals surface area contributed by atoms with E-state index >= 15 is 0 Å². The fourth-order valence-electron chi connectivity index (χ4n) is 1.60. The zero-order valence-corrected chi connectivity index (χ0v) is 8.99. The molecule has 0 radical (unpaired) electrons. The fraction of sp³-hybridized carbons (Fsp3) is 0.231. The second kappa shape index (κ2) is 4.69. The molecule has 2 nitrogen and oxygen atoms in total. The smallest absolute Gasteiger partial charge is 0.169 e. The maximum absolute atomic E-state index is 11.6. The number of hydrogen-bond donors (Lipinski definition) is 0. The van der Waals surface area contributed by atoms with Crippen LogP contribution in [0.5, 0.6) is 0 Å². The van der Waals surface area contributed by atoms with Crippen LogP contribution in [0.1, 0.15) is 24.0 Å². The molecule has 15 heavy (non-hydrogen) atoms. The van der Waals surface area contributed by atoms with E-state index < -0.39 is 5.92 Å². The van der Waals surface area contributed by atoms with E-state index in [4.69, 9.17) is 0 Å². The lowest BCUT2D eigenvalue weighted by atomic mass is 9.88. The highest BCUT2D eigenvalue weighted by atomic mass is 16.1. The van der Waals surface area contributed by atoms with Crippen LogP contribution in [-0.4, -0.2) is 11.6 Å². The van der Waals surface area contributed by atoms with E-state index in [1.807, 2.05) is 31.2 Å². The van der Waals surface area contributed by atoms with Crippen LogP contribution in [0.4, 0.5) is 0 Å². The lowest BCUT2D eigenvalue weighted by Gasteiger charge is -2.13. The molecule has 2 heteroatoms. The summed E-state index contributed by atoms with van der Waals surface area (Å²) in [6, 6.07) is 7.41. The Morgan fingerprint density at radius 2 is 1.93 bits per heavy atom. The fourth-order valence-corrected chi connectivity index (χ4v) is 1.60. The van der Waals surface area contributed by atoms with E-state index in [0.29, 0.717) is 0 Å². The van der Waals surface area contributed by atoms with Crippen molar-refractivity contribution in [3.05, 3.63) is 48.0 Å². The van der Waals surface area contributed by atoms with Crippen LogP contribution in [0.25, 0.3) is 0 Å². The van der Waals surface area contributed by atoms with Crippen molar-refractivity contribution >= 4 is 11.6 Å². The summed E-state index contributed by atoms with van der Waals surface area (Å²) in [4.78, 5) is 23.0. The number of carbonyl (C=O) groups excluding carboxylic acids is 2. The van der Waals surface area contributed by atoms with Crippen LogP contribution >= 0.6 is 0 Å². The summed E-state index contributed by atoms with van der Waals surface area (Å²) in [6.07, 6.45) is 1.21. The van der Waals surface area contributed by atoms with Crippen molar-refractivity contribution in [2.24, 2.45) is 0 Å². The van der Waals surface area contributed by atoms with E-state index in [-0.39, 0.29) is 11.6 Å². The predicted molar refractivity (Wildman–Crippen MR) is 59.8 cm³/mol. The summed E-state index contributed by atoms with van der Waals surface area (Å²) in [5, 5.41) is 0. The third-order valence-corrected chi connectivity index (χ3v) is 2.39. The minimum atomic E-state index is -0.691. The van der Waals surface area contributed by atoms with Gasteiger partial charge in [-0.2, -0.15) is 0 Å². The van der Waals surface area contributed by atoms with Gasteiger partial charge in [-0.05, 0) is 31.1 Å². The van der Waals surface area contributed by atoms with E-state index in [2.05, 4.69) is 6.58 Å². The summed E-state index contributed by atoms with van der Waals surface area (Å²) < 4.78 is 0. The number of carbonyl (C=O) groups is 2. The number of hydrogen-bond acceptors (Lipinski definition) is 2. The number of rotatable bonds is 4. The van der Waals surface area contributed by atoms with Gasteiger partial charge in [-0.15, -0.1) is 0 Å². The Labute approximate surface area is 89.6 Å². The maximum atomic E-state index is 11.6. The SMILES string of the molecule is C=CC(=O)C(C(C)=O)c1ccccc1C. The molecule has 1 atom stereocenters. The minimum absolute atomic E-state index is 0.144. The molecule has 78 valence electrons. The highest BCUT2D eigenvalue weighted by molar-refractivity contribution is 6.11. The molecule has 1 unspecified atom stereocenters. The van der Waals surface area contributed by atoms with Gasteiger partial charge in [0.25, 0.3) is 0 Å². The minimum Gasteiger partial charge on any atom is -0.299 e. The standard InChI is InChI=1S/C13H14O2/c1-4-12(15)13(10(3)14)11-8-6-5-7-9(11)2/h4-8,13H,1H2,2-3H3. The van der Waals surface area contributed by atoms with Crippen LogP contribution < -0.4 is 0 Å². The Kier molecular flexibility index (Phi) is 3.56. The lowest BCUT2D eigenvalue weighted by Crippen LogP contribution is -2.18. The molecule has 0 amide bonds. The van der Waals surface area contributed by atoms with Crippen LogP contribution in [0.3, 0.4) is 0 Å². The molecule has 0 saturated heterocycles. The first kappa shape index (κ1) is 11.4. The van der Waals surface area contributed by atoms with Gasteiger partial charge in [0, 0.05) is 0 Å². The Hall–Kier alpha value is -1.70. The molecule has 0 aliphatic rings. The molecule has 1 aromatic rings. The van der Waals surface area contributed by atoms with Gasteiger partial charge in [-0.25, -0.2) is 0 Å². The molecule has 1 aromatic carbocycles. The molecule has 0 heterocycles. The molecular weight excluding hydrogens is 188 g/mol. The average Bonchev–Trinajstić information content (AvgIpc) is 2.20. The van der Waals surface area contributed by atoms with Gasteiger partial charge in [0.05, 0.1) is 0 Å². The zero-order chi connectivity index (χ0) is 11.4. The lowest BCUT2D eigenvalue weighted by molar-refractivity contribution is -0.125. The molecular formula is C13H14O2. The monoisotopic (exact) mass is 202 g/mol. The number of ketones is 2. The highest BCUT2D eigenvalue weighted by Gasteiger charge is 2.23. The van der Waals surface area contributed by atoms with Crippen LogP contribution in [0.2, 0.25) is 0 Å². The largest absolute Gasteiger partial charge is 0.299 e. The van der Waals surface area contributed by atoms with Crippen LogP contribution in [0, 0.1) is 6.92 Å². The molecule has 0 aromatic heterocycles. The molecule has 0 spiro atoms. The third kappa shape index (κ3) is 2.40. The number of benzene rings is 1. The molecule has 0 aliphatic carbocycles. The first-order valence-electron chi connectivity index (χ1n) is 4.80. The van der Waals surface area contributed by atoms with E-state index in [0.717, 1.165) is 11.1 Å². The maximum Gasteiger partial charge on any atom is 0.169 e. The van der Waals surface area contributed by atoms with Gasteiger partial charge >= 0.3 is 0 Å². The van der Waals surface area contributed by atoms with Crippen molar-refractivity contribution in [2.45, 2.75) is 19.8 Å². The van der Waals surface area contributed by atoms with E-state index in [1.165, 1.54) is 13.0 Å². The summed E-state index contributed by atoms with van der Waals surface area (Å²) >= 11 is 0. The summed E-state index contributed by atoms with van der Waals surface area (Å²) in [5.41, 5.74) is 1.72.